The number of rotatable bonds is 9. The van der Waals surface area contributed by atoms with E-state index in [4.69, 9.17) is 29.7 Å². The number of amides is 1. The van der Waals surface area contributed by atoms with Crippen LogP contribution in [-0.2, 0) is 49.0 Å². The molecule has 0 bridgehead atoms. The second-order valence-electron chi connectivity index (χ2n) is 15.0. The average Bonchev–Trinajstić information content (AvgIpc) is 3.59. The Morgan fingerprint density at radius 1 is 1.15 bits per heavy atom. The summed E-state index contributed by atoms with van der Waals surface area (Å²) in [7, 11) is 0. The van der Waals surface area contributed by atoms with E-state index in [1.54, 1.807) is 13.8 Å². The Hall–Kier alpha value is -6.10. The number of aryl methyl sites for hydroxylation is 1. The predicted octanol–water partition coefficient (Wildman–Crippen LogP) is 1.12. The summed E-state index contributed by atoms with van der Waals surface area (Å²) in [6.07, 6.45) is -11.8. The van der Waals surface area contributed by atoms with Gasteiger partial charge in [-0.15, -0.1) is 0 Å². The van der Waals surface area contributed by atoms with Crippen molar-refractivity contribution in [3.05, 3.63) is 95.6 Å². The molecule has 1 amide bonds. The molecule has 0 saturated carbocycles. The first-order valence-corrected chi connectivity index (χ1v) is 18.8. The molecule has 8 rings (SSSR count). The third kappa shape index (κ3) is 6.32. The molecule has 8 atom stereocenters. The van der Waals surface area contributed by atoms with Crippen molar-refractivity contribution < 1.29 is 68.2 Å². The number of carbonyl (C=O) groups is 3. The molecule has 1 aliphatic carbocycles. The van der Waals surface area contributed by atoms with Crippen molar-refractivity contribution in [1.29, 1.82) is 0 Å². The average molecular weight is 836 g/mol. The van der Waals surface area contributed by atoms with Crippen LogP contribution < -0.4 is 21.3 Å². The van der Waals surface area contributed by atoms with Gasteiger partial charge >= 0.3 is 23.7 Å². The molecule has 4 aliphatic rings. The van der Waals surface area contributed by atoms with Crippen molar-refractivity contribution in [1.82, 2.24) is 14.9 Å². The van der Waals surface area contributed by atoms with Crippen LogP contribution in [0.4, 0.5) is 14.9 Å². The summed E-state index contributed by atoms with van der Waals surface area (Å²) in [6, 6.07) is 5.31. The van der Waals surface area contributed by atoms with Gasteiger partial charge in [0.1, 0.15) is 36.8 Å². The highest BCUT2D eigenvalue weighted by atomic mass is 19.1. The Morgan fingerprint density at radius 2 is 1.90 bits per heavy atom. The normalized spacial score (nSPS) is 25.7. The minimum atomic E-state index is -2.08. The molecule has 3 aliphatic heterocycles. The van der Waals surface area contributed by atoms with Crippen LogP contribution in [0.3, 0.4) is 0 Å². The number of nitro groups is 1. The lowest BCUT2D eigenvalue weighted by atomic mass is 9.81. The smallest absolute Gasteiger partial charge is 0.408 e. The fraction of sp³-hybridized carbons (Fsp3) is 0.410. The molecule has 2 aromatic heterocycles. The fourth-order valence-electron chi connectivity index (χ4n) is 8.51. The number of hydrogen-bond acceptors (Lipinski definition) is 16. The van der Waals surface area contributed by atoms with E-state index in [-0.39, 0.29) is 66.1 Å². The Bertz CT molecular complexity index is 2580. The molecule has 2 aromatic carbocycles. The van der Waals surface area contributed by atoms with Crippen LogP contribution in [0.5, 0.6) is 5.75 Å². The molecule has 20 nitrogen and oxygen atoms in total. The molecule has 316 valence electrons. The summed E-state index contributed by atoms with van der Waals surface area (Å²) >= 11 is 0. The number of carbonyl (C=O) groups excluding carboxylic acids is 2. The van der Waals surface area contributed by atoms with Crippen molar-refractivity contribution in [3.8, 4) is 17.1 Å². The molecule has 21 heteroatoms. The summed E-state index contributed by atoms with van der Waals surface area (Å²) in [4.78, 5) is 68.0. The quantitative estimate of drug-likeness (QED) is 0.0622. The van der Waals surface area contributed by atoms with Gasteiger partial charge in [-0.1, -0.05) is 13.0 Å². The number of benzene rings is 2. The molecule has 0 spiro atoms. The van der Waals surface area contributed by atoms with Crippen LogP contribution in [0.15, 0.2) is 35.1 Å². The Labute approximate surface area is 337 Å². The number of nitrogens with zero attached hydrogens (tertiary/aromatic N) is 3. The minimum absolute atomic E-state index is 0.0143. The zero-order valence-corrected chi connectivity index (χ0v) is 31.8. The van der Waals surface area contributed by atoms with Crippen molar-refractivity contribution in [3.63, 3.8) is 0 Å². The number of nitrogens with two attached hydrogens (primary N) is 1. The van der Waals surface area contributed by atoms with Gasteiger partial charge in [0, 0.05) is 40.8 Å². The number of aliphatic hydroxyl groups is 4. The number of hydrogen-bond donors (Lipinski definition) is 7. The van der Waals surface area contributed by atoms with Crippen LogP contribution in [0, 0.1) is 22.9 Å². The second-order valence-corrected chi connectivity index (χ2v) is 15.0. The summed E-state index contributed by atoms with van der Waals surface area (Å²) in [6.45, 7) is 2.48. The van der Waals surface area contributed by atoms with E-state index in [0.717, 1.165) is 12.1 Å². The van der Waals surface area contributed by atoms with Crippen molar-refractivity contribution in [2.45, 2.75) is 94.7 Å². The third-order valence-electron chi connectivity index (χ3n) is 11.7. The molecular formula is C39H38FN5O15. The van der Waals surface area contributed by atoms with E-state index in [1.807, 2.05) is 0 Å². The van der Waals surface area contributed by atoms with Gasteiger partial charge in [0.2, 0.25) is 6.29 Å². The van der Waals surface area contributed by atoms with Crippen LogP contribution in [0.1, 0.15) is 70.9 Å². The first kappa shape index (κ1) is 40.7. The van der Waals surface area contributed by atoms with Gasteiger partial charge < -0.3 is 60.1 Å². The summed E-state index contributed by atoms with van der Waals surface area (Å²) in [5.41, 5.74) is 5.83. The lowest BCUT2D eigenvalue weighted by molar-refractivity contribution is -0.387. The van der Waals surface area contributed by atoms with Gasteiger partial charge in [-0.05, 0) is 55.0 Å². The Morgan fingerprint density at radius 3 is 2.58 bits per heavy atom. The second kappa shape index (κ2) is 14.9. The number of aliphatic hydroxyl groups excluding tert-OH is 3. The van der Waals surface area contributed by atoms with E-state index in [2.05, 4.69) is 5.32 Å². The van der Waals surface area contributed by atoms with Crippen molar-refractivity contribution in [2.24, 2.45) is 5.73 Å². The van der Waals surface area contributed by atoms with Gasteiger partial charge in [-0.25, -0.2) is 23.8 Å². The predicted molar refractivity (Wildman–Crippen MR) is 200 cm³/mol. The topological polar surface area (TPSA) is 305 Å². The largest absolute Gasteiger partial charge is 0.479 e. The zero-order chi connectivity index (χ0) is 43.1. The lowest BCUT2D eigenvalue weighted by Gasteiger charge is -2.38. The lowest BCUT2D eigenvalue weighted by Crippen LogP contribution is -2.61. The first-order chi connectivity index (χ1) is 28.5. The number of nitrogens with one attached hydrogen (secondary N) is 1. The van der Waals surface area contributed by atoms with Gasteiger partial charge in [0.05, 0.1) is 40.0 Å². The molecule has 60 heavy (non-hydrogen) atoms. The maximum atomic E-state index is 15.4. The van der Waals surface area contributed by atoms with Gasteiger partial charge in [-0.2, -0.15) is 0 Å². The third-order valence-corrected chi connectivity index (χ3v) is 11.7. The van der Waals surface area contributed by atoms with E-state index >= 15 is 4.39 Å². The Kier molecular flexibility index (Phi) is 10.1. The van der Waals surface area contributed by atoms with Crippen molar-refractivity contribution >= 4 is 34.6 Å². The van der Waals surface area contributed by atoms with E-state index in [0.29, 0.717) is 34.1 Å². The molecule has 8 N–H and O–H groups in total. The maximum absolute atomic E-state index is 15.4. The number of alkyl carbamates (subject to hydrolysis) is 1. The van der Waals surface area contributed by atoms with Crippen molar-refractivity contribution in [2.75, 3.05) is 6.54 Å². The number of pyridine rings is 2. The standard InChI is InChI=1S/C39H38FN5O15/c1-3-39(54)19-9-24-29-17(12-44(24)34(49)18(19)13-57-37(39)52)28-21(6-5-16-14(2)20(40)10-22(42-29)27(16)28)43-38(53)59-26(11-41)15-4-7-25(23(8-15)45(55)56)58-36-32(48)30(46)31(47)33(60-36)35(50)51/h4,7-10,21,26,30-33,36,46-48,54H,3,5-6,11-13,41H2,1-2H3,(H,43,53)(H,50,51)/t21-,26?,30-,31-,32?,33?,36+,39-/m0/s1. The minimum Gasteiger partial charge on any atom is -0.479 e. The van der Waals surface area contributed by atoms with Crippen LogP contribution in [0.2, 0.25) is 0 Å². The monoisotopic (exact) mass is 835 g/mol. The number of carboxylic acid groups (broad SMARTS) is 1. The van der Waals surface area contributed by atoms with Gasteiger partial charge in [0.15, 0.2) is 17.5 Å². The molecule has 4 aromatic rings. The highest BCUT2D eigenvalue weighted by Gasteiger charge is 2.49. The van der Waals surface area contributed by atoms with E-state index in [1.165, 1.54) is 22.8 Å². The van der Waals surface area contributed by atoms with Gasteiger partial charge in [-0.3, -0.25) is 14.9 Å². The van der Waals surface area contributed by atoms with Crippen LogP contribution in [0.25, 0.3) is 22.3 Å². The molecule has 1 fully saturated rings. The number of nitro benzene ring substituents is 1. The number of ether oxygens (including phenoxy) is 4. The summed E-state index contributed by atoms with van der Waals surface area (Å²) in [5, 5.41) is 66.7. The maximum Gasteiger partial charge on any atom is 0.408 e. The number of esters is 1. The molecule has 3 unspecified atom stereocenters. The molecule has 0 radical (unpaired) electrons. The number of carboxylic acids is 1. The molecular weight excluding hydrogens is 797 g/mol. The van der Waals surface area contributed by atoms with E-state index < -0.39 is 94.2 Å². The highest BCUT2D eigenvalue weighted by Crippen LogP contribution is 2.46. The fourth-order valence-corrected chi connectivity index (χ4v) is 8.51. The number of cyclic esters (lactones) is 1. The SMILES string of the molecule is CC[C@@]1(O)C(=O)OCc2c1cc1n(c2=O)Cc2c-1nc1cc(F)c(C)c3c1c2[C@@H](NC(=O)OC(CN)c1ccc(O[C@@H]2OC(C(=O)O)[C@@H](O)[C@H](O)C2O)c([N+](=O)[O-])c1)CC3. The Balaban J connectivity index is 1.10. The number of fused-ring (bicyclic) bond motifs is 5. The molecule has 5 heterocycles. The van der Waals surface area contributed by atoms with Gasteiger partial charge in [0.25, 0.3) is 5.56 Å². The number of aliphatic carboxylic acids is 1. The van der Waals surface area contributed by atoms with Crippen LogP contribution in [-0.4, -0.2) is 95.3 Å². The zero-order valence-electron chi connectivity index (χ0n) is 31.8. The highest BCUT2D eigenvalue weighted by molar-refractivity contribution is 5.93. The van der Waals surface area contributed by atoms with E-state index in [9.17, 15) is 54.8 Å². The van der Waals surface area contributed by atoms with Crippen LogP contribution >= 0.6 is 0 Å². The summed E-state index contributed by atoms with van der Waals surface area (Å²) in [5.74, 6) is -3.62. The molecule has 1 saturated heterocycles. The number of halogens is 1. The summed E-state index contributed by atoms with van der Waals surface area (Å²) < 4.78 is 38.2. The number of aromatic nitrogens is 2. The first-order valence-electron chi connectivity index (χ1n) is 18.8.